The van der Waals surface area contributed by atoms with Crippen molar-refractivity contribution in [3.05, 3.63) is 65.1 Å². The highest BCUT2D eigenvalue weighted by Crippen LogP contribution is 2.27. The lowest BCUT2D eigenvalue weighted by atomic mass is 9.94. The first-order valence-corrected chi connectivity index (χ1v) is 7.85. The maximum atomic E-state index is 13.0. The molecule has 0 saturated carbocycles. The molecule has 3 rings (SSSR count). The molecule has 1 aromatic carbocycles. The minimum atomic E-state index is -0.625. The van der Waals surface area contributed by atoms with Gasteiger partial charge in [0.25, 0.3) is 5.91 Å². The van der Waals surface area contributed by atoms with E-state index in [2.05, 4.69) is 10.3 Å². The molecule has 4 nitrogen and oxygen atoms in total. The van der Waals surface area contributed by atoms with E-state index in [4.69, 9.17) is 4.42 Å². The second-order valence-corrected chi connectivity index (χ2v) is 6.62. The molecule has 0 aliphatic carbocycles. The van der Waals surface area contributed by atoms with E-state index in [9.17, 15) is 9.18 Å². The zero-order valence-corrected chi connectivity index (χ0v) is 13.5. The standard InChI is InChI=1S/C17H15FN2O2S/c1-17(2,11-5-7-12(18)8-6-11)20-15(21)14-10-19-16(23-14)13-4-3-9-22-13/h3-10H,1-2H3,(H,20,21). The minimum absolute atomic E-state index is 0.227. The molecule has 0 atom stereocenters. The summed E-state index contributed by atoms with van der Waals surface area (Å²) >= 11 is 1.26. The lowest BCUT2D eigenvalue weighted by molar-refractivity contribution is 0.0916. The van der Waals surface area contributed by atoms with Crippen LogP contribution in [0.3, 0.4) is 0 Å². The van der Waals surface area contributed by atoms with Gasteiger partial charge in [-0.2, -0.15) is 0 Å². The van der Waals surface area contributed by atoms with Crippen molar-refractivity contribution < 1.29 is 13.6 Å². The number of hydrogen-bond donors (Lipinski definition) is 1. The largest absolute Gasteiger partial charge is 0.462 e. The minimum Gasteiger partial charge on any atom is -0.462 e. The number of rotatable bonds is 4. The van der Waals surface area contributed by atoms with E-state index in [1.165, 1.54) is 29.7 Å². The molecule has 118 valence electrons. The van der Waals surface area contributed by atoms with Crippen LogP contribution in [-0.4, -0.2) is 10.9 Å². The van der Waals surface area contributed by atoms with Gasteiger partial charge in [0, 0.05) is 0 Å². The third-order valence-corrected chi connectivity index (χ3v) is 4.46. The SMILES string of the molecule is CC(C)(NC(=O)c1cnc(-c2ccco2)s1)c1ccc(F)cc1. The monoisotopic (exact) mass is 330 g/mol. The van der Waals surface area contributed by atoms with E-state index in [-0.39, 0.29) is 11.7 Å². The number of amides is 1. The van der Waals surface area contributed by atoms with E-state index in [1.807, 2.05) is 13.8 Å². The first-order chi connectivity index (χ1) is 11.0. The van der Waals surface area contributed by atoms with Crippen molar-refractivity contribution in [2.75, 3.05) is 0 Å². The fourth-order valence-electron chi connectivity index (χ4n) is 2.18. The lowest BCUT2D eigenvalue weighted by Crippen LogP contribution is -2.40. The molecule has 0 radical (unpaired) electrons. The van der Waals surface area contributed by atoms with E-state index < -0.39 is 5.54 Å². The predicted octanol–water partition coefficient (Wildman–Crippen LogP) is 4.21. The van der Waals surface area contributed by atoms with Crippen LogP contribution in [0.4, 0.5) is 4.39 Å². The summed E-state index contributed by atoms with van der Waals surface area (Å²) in [6.45, 7) is 3.74. The van der Waals surface area contributed by atoms with Gasteiger partial charge in [-0.15, -0.1) is 11.3 Å². The maximum Gasteiger partial charge on any atom is 0.263 e. The molecule has 1 amide bonds. The average Bonchev–Trinajstić information content (AvgIpc) is 3.18. The summed E-state index contributed by atoms with van der Waals surface area (Å²) < 4.78 is 18.3. The molecule has 0 aliphatic heterocycles. The van der Waals surface area contributed by atoms with Crippen molar-refractivity contribution in [3.8, 4) is 10.8 Å². The Morgan fingerprint density at radius 2 is 2.00 bits per heavy atom. The van der Waals surface area contributed by atoms with Crippen LogP contribution in [-0.2, 0) is 5.54 Å². The van der Waals surface area contributed by atoms with Gasteiger partial charge in [-0.3, -0.25) is 4.79 Å². The second kappa shape index (κ2) is 5.96. The van der Waals surface area contributed by atoms with Crippen LogP contribution in [0.5, 0.6) is 0 Å². The number of aromatic nitrogens is 1. The number of furan rings is 1. The predicted molar refractivity (Wildman–Crippen MR) is 86.7 cm³/mol. The summed E-state index contributed by atoms with van der Waals surface area (Å²) in [5.41, 5.74) is 0.197. The Hall–Kier alpha value is -2.47. The van der Waals surface area contributed by atoms with Crippen molar-refractivity contribution >= 4 is 17.2 Å². The molecule has 0 unspecified atom stereocenters. The molecule has 6 heteroatoms. The molecule has 0 spiro atoms. The van der Waals surface area contributed by atoms with E-state index in [1.54, 1.807) is 30.5 Å². The summed E-state index contributed by atoms with van der Waals surface area (Å²) in [6, 6.07) is 9.65. The molecule has 23 heavy (non-hydrogen) atoms. The van der Waals surface area contributed by atoms with Crippen LogP contribution in [0.25, 0.3) is 10.8 Å². The van der Waals surface area contributed by atoms with Crippen LogP contribution in [0, 0.1) is 5.82 Å². The number of nitrogens with zero attached hydrogens (tertiary/aromatic N) is 1. The number of hydrogen-bond acceptors (Lipinski definition) is 4. The van der Waals surface area contributed by atoms with Gasteiger partial charge < -0.3 is 9.73 Å². The molecular weight excluding hydrogens is 315 g/mol. The smallest absolute Gasteiger partial charge is 0.263 e. The van der Waals surface area contributed by atoms with Crippen LogP contribution in [0.2, 0.25) is 0 Å². The fourth-order valence-corrected chi connectivity index (χ4v) is 2.96. The number of thiazole rings is 1. The van der Waals surface area contributed by atoms with Gasteiger partial charge in [0.15, 0.2) is 10.8 Å². The molecule has 3 aromatic rings. The fraction of sp³-hybridized carbons (Fsp3) is 0.176. The van der Waals surface area contributed by atoms with Crippen LogP contribution in [0.1, 0.15) is 29.1 Å². The van der Waals surface area contributed by atoms with Crippen molar-refractivity contribution in [2.24, 2.45) is 0 Å². The summed E-state index contributed by atoms with van der Waals surface area (Å²) in [5, 5.41) is 3.60. The molecule has 2 aromatic heterocycles. The van der Waals surface area contributed by atoms with Gasteiger partial charge in [-0.1, -0.05) is 12.1 Å². The second-order valence-electron chi connectivity index (χ2n) is 5.59. The highest BCUT2D eigenvalue weighted by Gasteiger charge is 2.24. The van der Waals surface area contributed by atoms with Gasteiger partial charge >= 0.3 is 0 Å². The summed E-state index contributed by atoms with van der Waals surface area (Å²) in [6.07, 6.45) is 3.09. The zero-order valence-electron chi connectivity index (χ0n) is 12.7. The zero-order chi connectivity index (χ0) is 16.4. The highest BCUT2D eigenvalue weighted by atomic mass is 32.1. The molecule has 1 N–H and O–H groups in total. The van der Waals surface area contributed by atoms with Crippen molar-refractivity contribution in [1.82, 2.24) is 10.3 Å². The number of nitrogens with one attached hydrogen (secondary N) is 1. The number of carbonyl (C=O) groups excluding carboxylic acids is 1. The number of benzene rings is 1. The van der Waals surface area contributed by atoms with E-state index in [0.29, 0.717) is 15.6 Å². The Morgan fingerprint density at radius 3 is 2.65 bits per heavy atom. The summed E-state index contributed by atoms with van der Waals surface area (Å²) in [5.74, 6) is 0.0999. The molecule has 0 bridgehead atoms. The van der Waals surface area contributed by atoms with Gasteiger partial charge in [0.2, 0.25) is 0 Å². The summed E-state index contributed by atoms with van der Waals surface area (Å²) in [7, 11) is 0. The topological polar surface area (TPSA) is 55.1 Å². The number of carbonyl (C=O) groups is 1. The van der Waals surface area contributed by atoms with E-state index >= 15 is 0 Å². The Labute approximate surface area is 137 Å². The van der Waals surface area contributed by atoms with Gasteiger partial charge in [0.05, 0.1) is 18.0 Å². The quantitative estimate of drug-likeness (QED) is 0.780. The summed E-state index contributed by atoms with van der Waals surface area (Å²) in [4.78, 5) is 17.1. The lowest BCUT2D eigenvalue weighted by Gasteiger charge is -2.26. The molecule has 0 saturated heterocycles. The van der Waals surface area contributed by atoms with Gasteiger partial charge in [-0.25, -0.2) is 9.37 Å². The van der Waals surface area contributed by atoms with Crippen molar-refractivity contribution in [1.29, 1.82) is 0 Å². The normalized spacial score (nSPS) is 11.4. The first kappa shape index (κ1) is 15.4. The van der Waals surface area contributed by atoms with Gasteiger partial charge in [0.1, 0.15) is 10.7 Å². The van der Waals surface area contributed by atoms with Crippen molar-refractivity contribution in [3.63, 3.8) is 0 Å². The van der Waals surface area contributed by atoms with E-state index in [0.717, 1.165) is 5.56 Å². The average molecular weight is 330 g/mol. The maximum absolute atomic E-state index is 13.0. The highest BCUT2D eigenvalue weighted by molar-refractivity contribution is 7.16. The van der Waals surface area contributed by atoms with Crippen LogP contribution < -0.4 is 5.32 Å². The Kier molecular flexibility index (Phi) is 4.00. The Balaban J connectivity index is 1.77. The molecule has 0 fully saturated rings. The first-order valence-electron chi connectivity index (χ1n) is 7.04. The van der Waals surface area contributed by atoms with Crippen LogP contribution >= 0.6 is 11.3 Å². The molecule has 2 heterocycles. The third-order valence-electron chi connectivity index (χ3n) is 3.45. The van der Waals surface area contributed by atoms with Crippen molar-refractivity contribution in [2.45, 2.75) is 19.4 Å². The van der Waals surface area contributed by atoms with Gasteiger partial charge in [-0.05, 0) is 43.7 Å². The van der Waals surface area contributed by atoms with Crippen LogP contribution in [0.15, 0.2) is 53.3 Å². The Morgan fingerprint density at radius 1 is 1.26 bits per heavy atom. The molecule has 0 aliphatic rings. The molecular formula is C17H15FN2O2S. The number of halogens is 1. The third kappa shape index (κ3) is 3.32. The Bertz CT molecular complexity index is 808.